The third-order valence-corrected chi connectivity index (χ3v) is 9.35. The lowest BCUT2D eigenvalue weighted by Gasteiger charge is -2.45. The molecule has 4 heteroatoms. The average molecular weight is 509 g/mol. The number of hydrogen-bond acceptors (Lipinski definition) is 4. The molecular weight excluding hydrogens is 464 g/mol. The molecule has 3 aliphatic rings. The van der Waals surface area contributed by atoms with Crippen LogP contribution in [0.1, 0.15) is 85.6 Å². The highest BCUT2D eigenvalue weighted by molar-refractivity contribution is 5.88. The third-order valence-electron chi connectivity index (χ3n) is 9.35. The second-order valence-electron chi connectivity index (χ2n) is 11.1. The van der Waals surface area contributed by atoms with Crippen LogP contribution in [-0.2, 0) is 6.42 Å². The monoisotopic (exact) mass is 508 g/mol. The summed E-state index contributed by atoms with van der Waals surface area (Å²) in [5.41, 5.74) is 15.2. The minimum atomic E-state index is 0.267. The molecule has 0 radical (unpaired) electrons. The molecule has 0 bridgehead atoms. The van der Waals surface area contributed by atoms with Gasteiger partial charge in [0.2, 0.25) is 0 Å². The normalized spacial score (nSPS) is 22.2. The molecular formula is C34H44N4. The maximum absolute atomic E-state index is 8.01. The lowest BCUT2D eigenvalue weighted by molar-refractivity contribution is 0.155. The third kappa shape index (κ3) is 5.11. The van der Waals surface area contributed by atoms with Gasteiger partial charge in [-0.15, -0.1) is 0 Å². The highest BCUT2D eigenvalue weighted by Gasteiger charge is 2.36. The molecule has 2 atom stereocenters. The van der Waals surface area contributed by atoms with Gasteiger partial charge in [0, 0.05) is 42.2 Å². The van der Waals surface area contributed by atoms with E-state index in [0.29, 0.717) is 17.0 Å². The minimum absolute atomic E-state index is 0.267. The van der Waals surface area contributed by atoms with Gasteiger partial charge in [-0.3, -0.25) is 0 Å². The largest absolute Gasteiger partial charge is 0.398 e. The van der Waals surface area contributed by atoms with Gasteiger partial charge in [-0.2, -0.15) is 0 Å². The summed E-state index contributed by atoms with van der Waals surface area (Å²) in [6, 6.07) is 24.6. The zero-order chi connectivity index (χ0) is 26.5. The van der Waals surface area contributed by atoms with Crippen molar-refractivity contribution in [3.8, 4) is 0 Å². The van der Waals surface area contributed by atoms with Crippen molar-refractivity contribution in [2.24, 2.45) is 5.41 Å². The number of benzene rings is 3. The molecule has 4 N–H and O–H groups in total. The molecule has 2 unspecified atom stereocenters. The summed E-state index contributed by atoms with van der Waals surface area (Å²) >= 11 is 0. The summed E-state index contributed by atoms with van der Waals surface area (Å²) in [5, 5.41) is 11.5. The van der Waals surface area contributed by atoms with E-state index in [9.17, 15) is 0 Å². The van der Waals surface area contributed by atoms with E-state index in [2.05, 4.69) is 70.9 Å². The van der Waals surface area contributed by atoms with E-state index in [-0.39, 0.29) is 5.92 Å². The second-order valence-corrected chi connectivity index (χ2v) is 11.1. The van der Waals surface area contributed by atoms with E-state index in [1.54, 1.807) is 0 Å². The van der Waals surface area contributed by atoms with Gasteiger partial charge >= 0.3 is 0 Å². The maximum Gasteiger partial charge on any atom is 0.0406 e. The number of nitrogens with two attached hydrogens (primary N) is 1. The first-order valence-corrected chi connectivity index (χ1v) is 14.7. The predicted octanol–water partition coefficient (Wildman–Crippen LogP) is 7.12. The SMILES string of the molecule is CC.N=Cc1c(N)ccc2c1CCC(c1ccccc1)C2c1ccc(N2CCC3(CCNCC3)CC2)cc1. The van der Waals surface area contributed by atoms with Gasteiger partial charge in [0.15, 0.2) is 0 Å². The summed E-state index contributed by atoms with van der Waals surface area (Å²) in [6.07, 6.45) is 8.78. The van der Waals surface area contributed by atoms with E-state index in [1.165, 1.54) is 86.0 Å². The average Bonchev–Trinajstić information content (AvgIpc) is 2.99. The number of hydrogen-bond donors (Lipinski definition) is 3. The summed E-state index contributed by atoms with van der Waals surface area (Å²) in [7, 11) is 0. The molecule has 200 valence electrons. The zero-order valence-corrected chi connectivity index (χ0v) is 23.2. The van der Waals surface area contributed by atoms with Crippen LogP contribution in [0, 0.1) is 10.8 Å². The summed E-state index contributed by atoms with van der Waals surface area (Å²) in [6.45, 7) is 8.71. The van der Waals surface area contributed by atoms with Crippen molar-refractivity contribution >= 4 is 17.6 Å². The molecule has 6 rings (SSSR count). The first-order chi connectivity index (χ1) is 18.7. The van der Waals surface area contributed by atoms with Crippen molar-refractivity contribution in [1.82, 2.24) is 5.32 Å². The quantitative estimate of drug-likeness (QED) is 0.260. The molecule has 2 aliphatic heterocycles. The predicted molar refractivity (Wildman–Crippen MR) is 162 cm³/mol. The minimum Gasteiger partial charge on any atom is -0.398 e. The van der Waals surface area contributed by atoms with Gasteiger partial charge in [-0.05, 0) is 103 Å². The van der Waals surface area contributed by atoms with Crippen LogP contribution >= 0.6 is 0 Å². The lowest BCUT2D eigenvalue weighted by Crippen LogP contribution is -2.45. The highest BCUT2D eigenvalue weighted by atomic mass is 15.1. The second kappa shape index (κ2) is 11.7. The Morgan fingerprint density at radius 1 is 0.868 bits per heavy atom. The smallest absolute Gasteiger partial charge is 0.0406 e. The van der Waals surface area contributed by atoms with Crippen molar-refractivity contribution in [2.75, 3.05) is 36.8 Å². The van der Waals surface area contributed by atoms with Crippen LogP contribution in [0.2, 0.25) is 0 Å². The first kappa shape index (κ1) is 26.5. The van der Waals surface area contributed by atoms with E-state index in [4.69, 9.17) is 11.1 Å². The highest BCUT2D eigenvalue weighted by Crippen LogP contribution is 2.48. The topological polar surface area (TPSA) is 65.1 Å². The van der Waals surface area contributed by atoms with Crippen molar-refractivity contribution in [3.63, 3.8) is 0 Å². The van der Waals surface area contributed by atoms with Crippen molar-refractivity contribution in [3.05, 3.63) is 94.5 Å². The van der Waals surface area contributed by atoms with Crippen LogP contribution in [0.3, 0.4) is 0 Å². The molecule has 1 aliphatic carbocycles. The van der Waals surface area contributed by atoms with Gasteiger partial charge in [0.25, 0.3) is 0 Å². The molecule has 4 nitrogen and oxygen atoms in total. The molecule has 0 saturated carbocycles. The molecule has 3 aromatic rings. The number of nitrogen functional groups attached to an aromatic ring is 1. The van der Waals surface area contributed by atoms with Crippen molar-refractivity contribution in [2.45, 2.75) is 64.2 Å². The van der Waals surface area contributed by atoms with E-state index >= 15 is 0 Å². The Hall–Kier alpha value is -3.11. The lowest BCUT2D eigenvalue weighted by atomic mass is 9.68. The molecule has 3 aromatic carbocycles. The van der Waals surface area contributed by atoms with Gasteiger partial charge in [0.1, 0.15) is 0 Å². The van der Waals surface area contributed by atoms with Gasteiger partial charge in [-0.25, -0.2) is 0 Å². The standard InChI is InChI=1S/C32H38N4.C2H6/c33-22-29-27-11-10-26(23-4-2-1-3-5-23)31(28(27)12-13-30(29)34)24-6-8-25(9-7-24)36-20-16-32(17-21-36)14-18-35-19-15-32;1-2/h1-9,12-13,22,26,31,33,35H,10-11,14-21,34H2;1-2H3. The van der Waals surface area contributed by atoms with E-state index in [0.717, 1.165) is 18.4 Å². The van der Waals surface area contributed by atoms with Crippen LogP contribution < -0.4 is 16.0 Å². The van der Waals surface area contributed by atoms with Gasteiger partial charge in [-0.1, -0.05) is 62.4 Å². The molecule has 2 heterocycles. The fourth-order valence-corrected chi connectivity index (χ4v) is 7.18. The zero-order valence-electron chi connectivity index (χ0n) is 23.2. The Morgan fingerprint density at radius 3 is 2.21 bits per heavy atom. The van der Waals surface area contributed by atoms with Crippen molar-refractivity contribution < 1.29 is 0 Å². The van der Waals surface area contributed by atoms with Crippen LogP contribution in [0.4, 0.5) is 11.4 Å². The van der Waals surface area contributed by atoms with Crippen LogP contribution in [0.5, 0.6) is 0 Å². The molecule has 0 amide bonds. The number of nitrogens with one attached hydrogen (secondary N) is 2. The maximum atomic E-state index is 8.01. The first-order valence-electron chi connectivity index (χ1n) is 14.7. The Morgan fingerprint density at radius 2 is 1.55 bits per heavy atom. The molecule has 38 heavy (non-hydrogen) atoms. The Kier molecular flexibility index (Phi) is 8.18. The van der Waals surface area contributed by atoms with Gasteiger partial charge < -0.3 is 21.4 Å². The van der Waals surface area contributed by atoms with E-state index < -0.39 is 0 Å². The number of nitrogens with zero attached hydrogens (tertiary/aromatic N) is 1. The fourth-order valence-electron chi connectivity index (χ4n) is 7.18. The van der Waals surface area contributed by atoms with Crippen LogP contribution in [0.15, 0.2) is 66.7 Å². The van der Waals surface area contributed by atoms with Crippen LogP contribution in [0.25, 0.3) is 0 Å². The summed E-state index contributed by atoms with van der Waals surface area (Å²) in [4.78, 5) is 2.59. The number of piperidine rings is 2. The Bertz CT molecular complexity index is 1200. The van der Waals surface area contributed by atoms with Gasteiger partial charge in [0.05, 0.1) is 0 Å². The molecule has 2 saturated heterocycles. The molecule has 2 fully saturated rings. The number of fused-ring (bicyclic) bond motifs is 1. The number of rotatable bonds is 4. The Labute approximate surface area is 229 Å². The number of anilines is 2. The molecule has 1 spiro atoms. The Balaban J connectivity index is 0.00000144. The van der Waals surface area contributed by atoms with Crippen LogP contribution in [-0.4, -0.2) is 32.4 Å². The summed E-state index contributed by atoms with van der Waals surface area (Å²) in [5.74, 6) is 0.686. The summed E-state index contributed by atoms with van der Waals surface area (Å²) < 4.78 is 0. The molecule has 0 aromatic heterocycles. The van der Waals surface area contributed by atoms with Crippen molar-refractivity contribution in [1.29, 1.82) is 5.41 Å². The van der Waals surface area contributed by atoms with E-state index in [1.807, 2.05) is 19.9 Å². The fraction of sp³-hybridized carbons (Fsp3) is 0.441.